The predicted molar refractivity (Wildman–Crippen MR) is 76.0 cm³/mol. The minimum Gasteiger partial charge on any atom is -0.246 e. The summed E-state index contributed by atoms with van der Waals surface area (Å²) in [6.07, 6.45) is 0. The van der Waals surface area contributed by atoms with E-state index in [1.807, 2.05) is 0 Å². The number of rotatable bonds is 5. The Hall–Kier alpha value is -1.82. The van der Waals surface area contributed by atoms with E-state index in [1.165, 1.54) is 0 Å². The normalized spacial score (nSPS) is 11.1. The molecule has 2 aromatic heterocycles. The van der Waals surface area contributed by atoms with Gasteiger partial charge in [-0.3, -0.25) is 0 Å². The molecule has 0 aliphatic carbocycles. The Kier molecular flexibility index (Phi) is 4.13. The van der Waals surface area contributed by atoms with Gasteiger partial charge in [0.05, 0.1) is 22.0 Å². The van der Waals surface area contributed by atoms with Crippen molar-refractivity contribution in [3.63, 3.8) is 0 Å². The minimum absolute atomic E-state index is 0.245. The molecule has 0 radical (unpaired) electrons. The first-order valence-corrected chi connectivity index (χ1v) is 7.75. The van der Waals surface area contributed by atoms with E-state index in [2.05, 4.69) is 10.2 Å². The van der Waals surface area contributed by atoms with E-state index in [1.54, 1.807) is 13.8 Å². The topological polar surface area (TPSA) is 120 Å². The van der Waals surface area contributed by atoms with Gasteiger partial charge in [-0.2, -0.15) is 8.17 Å². The van der Waals surface area contributed by atoms with Crippen LogP contribution < -0.4 is 22.8 Å². The molecule has 0 aromatic carbocycles. The minimum atomic E-state index is -0.530. The van der Waals surface area contributed by atoms with Gasteiger partial charge in [0.15, 0.2) is 0 Å². The number of H-pyrrole nitrogens is 2. The zero-order chi connectivity index (χ0) is 14.9. The molecule has 2 rings (SSSR count). The van der Waals surface area contributed by atoms with Gasteiger partial charge in [-0.25, -0.2) is 38.5 Å². The summed E-state index contributed by atoms with van der Waals surface area (Å²) in [5.74, 6) is 0. The Bertz CT molecular complexity index is 762. The molecular formula is C8H12N6O4S2. The van der Waals surface area contributed by atoms with Crippen molar-refractivity contribution in [2.24, 2.45) is 0 Å². The standard InChI is InChI=1S/C8H12N6O4S2/c1-3-11-5(15)9-13(7(11)17)19-20-14-8(18)12(4-2)6(16)10-14/h3-4H2,1-2H3,(H,9,15)(H,10,16). The summed E-state index contributed by atoms with van der Waals surface area (Å²) in [4.78, 5) is 46.3. The highest BCUT2D eigenvalue weighted by Gasteiger charge is 2.12. The quantitative estimate of drug-likeness (QED) is 0.657. The SMILES string of the molecule is CCn1c(=O)[nH]n(SSn2[nH]c(=O)n(CC)c2=O)c1=O. The predicted octanol–water partition coefficient (Wildman–Crippen LogP) is -1.36. The van der Waals surface area contributed by atoms with Crippen molar-refractivity contribution in [3.05, 3.63) is 41.9 Å². The van der Waals surface area contributed by atoms with Crippen LogP contribution in [-0.4, -0.2) is 27.5 Å². The first-order valence-electron chi connectivity index (χ1n) is 5.68. The summed E-state index contributed by atoms with van der Waals surface area (Å²) in [7, 11) is 1.64. The van der Waals surface area contributed by atoms with Crippen molar-refractivity contribution in [2.75, 3.05) is 0 Å². The van der Waals surface area contributed by atoms with Crippen LogP contribution in [0.5, 0.6) is 0 Å². The van der Waals surface area contributed by atoms with Crippen LogP contribution in [0.3, 0.4) is 0 Å². The second-order valence-corrected chi connectivity index (χ2v) is 5.55. The number of aromatic amines is 2. The van der Waals surface area contributed by atoms with Gasteiger partial charge in [-0.1, -0.05) is 0 Å². The van der Waals surface area contributed by atoms with E-state index in [9.17, 15) is 19.2 Å². The third kappa shape index (κ3) is 2.43. The second-order valence-electron chi connectivity index (χ2n) is 3.63. The average molecular weight is 320 g/mol. The summed E-state index contributed by atoms with van der Waals surface area (Å²) in [5.41, 5.74) is -2.12. The molecule has 10 nitrogen and oxygen atoms in total. The molecule has 20 heavy (non-hydrogen) atoms. The molecule has 0 spiro atoms. The number of nitrogens with zero attached hydrogens (tertiary/aromatic N) is 4. The van der Waals surface area contributed by atoms with E-state index in [0.29, 0.717) is 0 Å². The van der Waals surface area contributed by atoms with Crippen molar-refractivity contribution in [1.82, 2.24) is 27.5 Å². The largest absolute Gasteiger partial charge is 0.358 e. The van der Waals surface area contributed by atoms with Crippen LogP contribution in [0.15, 0.2) is 19.2 Å². The molecule has 12 heteroatoms. The Balaban J connectivity index is 2.26. The fourth-order valence-corrected chi connectivity index (χ4v) is 3.20. The number of hydrogen-bond donors (Lipinski definition) is 2. The lowest BCUT2D eigenvalue weighted by Crippen LogP contribution is -2.27. The summed E-state index contributed by atoms with van der Waals surface area (Å²) < 4.78 is 4.00. The molecular weight excluding hydrogens is 308 g/mol. The molecule has 0 saturated carbocycles. The van der Waals surface area contributed by atoms with Crippen molar-refractivity contribution in [3.8, 4) is 0 Å². The molecule has 0 aliphatic heterocycles. The first-order chi connectivity index (χ1) is 9.49. The van der Waals surface area contributed by atoms with Gasteiger partial charge in [0.1, 0.15) is 0 Å². The van der Waals surface area contributed by atoms with Crippen LogP contribution in [0.1, 0.15) is 13.8 Å². The zero-order valence-corrected chi connectivity index (χ0v) is 12.3. The summed E-state index contributed by atoms with van der Waals surface area (Å²) in [5, 5.41) is 4.66. The molecule has 0 atom stereocenters. The molecule has 2 aromatic rings. The monoisotopic (exact) mass is 320 g/mol. The van der Waals surface area contributed by atoms with Crippen molar-refractivity contribution in [1.29, 1.82) is 0 Å². The van der Waals surface area contributed by atoms with Gasteiger partial charge in [-0.05, 0) is 13.8 Å². The van der Waals surface area contributed by atoms with E-state index in [0.717, 1.165) is 39.3 Å². The van der Waals surface area contributed by atoms with Gasteiger partial charge >= 0.3 is 22.8 Å². The maximum absolute atomic E-state index is 11.8. The average Bonchev–Trinajstić information content (AvgIpc) is 2.84. The Morgan fingerprint density at radius 1 is 0.800 bits per heavy atom. The number of nitrogens with one attached hydrogen (secondary N) is 2. The molecule has 2 N–H and O–H groups in total. The van der Waals surface area contributed by atoms with E-state index < -0.39 is 22.8 Å². The van der Waals surface area contributed by atoms with Crippen LogP contribution in [0.25, 0.3) is 0 Å². The van der Waals surface area contributed by atoms with Crippen LogP contribution in [0.4, 0.5) is 0 Å². The first kappa shape index (κ1) is 14.6. The maximum Gasteiger partial charge on any atom is 0.358 e. The Morgan fingerprint density at radius 3 is 1.40 bits per heavy atom. The Labute approximate surface area is 119 Å². The van der Waals surface area contributed by atoms with Crippen molar-refractivity contribution < 1.29 is 0 Å². The highest BCUT2D eigenvalue weighted by Crippen LogP contribution is 2.18. The Morgan fingerprint density at radius 2 is 1.15 bits per heavy atom. The van der Waals surface area contributed by atoms with Gasteiger partial charge < -0.3 is 0 Å². The molecule has 110 valence electrons. The van der Waals surface area contributed by atoms with E-state index in [-0.39, 0.29) is 13.1 Å². The zero-order valence-electron chi connectivity index (χ0n) is 10.7. The molecule has 0 fully saturated rings. The van der Waals surface area contributed by atoms with Gasteiger partial charge in [0.2, 0.25) is 0 Å². The fourth-order valence-electron chi connectivity index (χ4n) is 1.51. The van der Waals surface area contributed by atoms with Crippen LogP contribution in [0.2, 0.25) is 0 Å². The third-order valence-corrected chi connectivity index (χ3v) is 4.46. The molecule has 2 heterocycles. The van der Waals surface area contributed by atoms with Gasteiger partial charge in [-0.15, -0.1) is 0 Å². The molecule has 0 bridgehead atoms. The van der Waals surface area contributed by atoms with Gasteiger partial charge in [0.25, 0.3) is 0 Å². The molecule has 0 saturated heterocycles. The van der Waals surface area contributed by atoms with Crippen molar-refractivity contribution in [2.45, 2.75) is 26.9 Å². The lowest BCUT2D eigenvalue weighted by Gasteiger charge is -1.97. The molecule has 0 unspecified atom stereocenters. The highest BCUT2D eigenvalue weighted by atomic mass is 33.1. The second kappa shape index (κ2) is 5.66. The van der Waals surface area contributed by atoms with Crippen molar-refractivity contribution >= 4 is 22.0 Å². The summed E-state index contributed by atoms with van der Waals surface area (Å²) >= 11 is 0. The lowest BCUT2D eigenvalue weighted by molar-refractivity contribution is 0.701. The van der Waals surface area contributed by atoms with Crippen LogP contribution in [-0.2, 0) is 13.1 Å². The maximum atomic E-state index is 11.8. The fraction of sp³-hybridized carbons (Fsp3) is 0.500. The molecule has 0 aliphatic rings. The summed E-state index contributed by atoms with van der Waals surface area (Å²) in [6, 6.07) is 0. The number of aromatic nitrogens is 6. The number of hydrogen-bond acceptors (Lipinski definition) is 6. The smallest absolute Gasteiger partial charge is 0.246 e. The van der Waals surface area contributed by atoms with E-state index in [4.69, 9.17) is 0 Å². The lowest BCUT2D eigenvalue weighted by atomic mass is 10.7. The van der Waals surface area contributed by atoms with Crippen LogP contribution in [0, 0.1) is 0 Å². The van der Waals surface area contributed by atoms with E-state index >= 15 is 0 Å². The molecule has 0 amide bonds. The third-order valence-electron chi connectivity index (χ3n) is 2.51. The van der Waals surface area contributed by atoms with Crippen LogP contribution >= 0.6 is 22.0 Å². The summed E-state index contributed by atoms with van der Waals surface area (Å²) in [6.45, 7) is 3.83. The highest BCUT2D eigenvalue weighted by molar-refractivity contribution is 8.75. The van der Waals surface area contributed by atoms with Gasteiger partial charge in [0, 0.05) is 13.1 Å².